The molecule has 10 heteroatoms. The number of fused-ring (bicyclic) bond motifs is 1. The molecule has 212 valence electrons. The molecule has 0 aromatic carbocycles. The van der Waals surface area contributed by atoms with Gasteiger partial charge in [-0.3, -0.25) is 19.3 Å². The van der Waals surface area contributed by atoms with E-state index in [1.165, 1.54) is 6.08 Å². The second kappa shape index (κ2) is 12.5. The highest BCUT2D eigenvalue weighted by molar-refractivity contribution is 8.02. The highest BCUT2D eigenvalue weighted by Crippen LogP contribution is 2.71. The van der Waals surface area contributed by atoms with Crippen LogP contribution in [0.1, 0.15) is 39.0 Å². The smallest absolute Gasteiger partial charge is 0.311 e. The first-order chi connectivity index (χ1) is 18.3. The third kappa shape index (κ3) is 5.42. The van der Waals surface area contributed by atoms with Crippen LogP contribution in [0.4, 0.5) is 0 Å². The molecule has 2 amide bonds. The zero-order valence-corrected chi connectivity index (χ0v) is 23.5. The predicted octanol–water partition coefficient (Wildman–Crippen LogP) is 1.71. The first-order valence-corrected chi connectivity index (χ1v) is 14.7. The number of esters is 1. The number of carbonyl (C=O) groups is 3. The van der Waals surface area contributed by atoms with Gasteiger partial charge in [-0.05, 0) is 39.0 Å². The molecule has 4 aliphatic heterocycles. The Labute approximate surface area is 230 Å². The summed E-state index contributed by atoms with van der Waals surface area (Å²) in [6, 6.07) is -0.636. The third-order valence-electron chi connectivity index (χ3n) is 8.62. The molecule has 1 spiro atoms. The number of morpholine rings is 1. The molecule has 4 saturated heterocycles. The number of likely N-dealkylation sites (tertiary alicyclic amines) is 1. The highest BCUT2D eigenvalue weighted by atomic mass is 32.2. The number of hydrogen-bond acceptors (Lipinski definition) is 8. The van der Waals surface area contributed by atoms with E-state index in [9.17, 15) is 19.5 Å². The number of nitrogens with zero attached hydrogens (tertiary/aromatic N) is 3. The Morgan fingerprint density at radius 1 is 1.18 bits per heavy atom. The largest absolute Gasteiger partial charge is 0.461 e. The normalized spacial score (nSPS) is 32.3. The van der Waals surface area contributed by atoms with E-state index in [0.29, 0.717) is 52.1 Å². The number of unbranched alkanes of at least 4 members (excludes halogenated alkanes) is 2. The van der Waals surface area contributed by atoms with E-state index in [1.54, 1.807) is 22.7 Å². The number of rotatable bonds is 14. The average molecular weight is 550 g/mol. The first kappa shape index (κ1) is 29.1. The lowest BCUT2D eigenvalue weighted by atomic mass is 9.66. The van der Waals surface area contributed by atoms with E-state index >= 15 is 0 Å². The second-order valence-corrected chi connectivity index (χ2v) is 12.9. The maximum atomic E-state index is 14.4. The van der Waals surface area contributed by atoms with Crippen LogP contribution in [0.25, 0.3) is 0 Å². The molecule has 38 heavy (non-hydrogen) atoms. The fourth-order valence-corrected chi connectivity index (χ4v) is 9.15. The lowest BCUT2D eigenvalue weighted by Crippen LogP contribution is -2.56. The summed E-state index contributed by atoms with van der Waals surface area (Å²) < 4.78 is 9.85. The van der Waals surface area contributed by atoms with Crippen LogP contribution in [0.5, 0.6) is 0 Å². The van der Waals surface area contributed by atoms with Crippen molar-refractivity contribution in [3.8, 4) is 0 Å². The molecule has 2 unspecified atom stereocenters. The van der Waals surface area contributed by atoms with Gasteiger partial charge in [-0.2, -0.15) is 0 Å². The fraction of sp³-hybridized carbons (Fsp3) is 0.750. The summed E-state index contributed by atoms with van der Waals surface area (Å²) in [6.07, 6.45) is 6.86. The molecule has 0 aromatic rings. The Morgan fingerprint density at radius 2 is 1.95 bits per heavy atom. The topological polar surface area (TPSA) is 99.6 Å². The summed E-state index contributed by atoms with van der Waals surface area (Å²) >= 11 is 1.66. The molecule has 0 aromatic heterocycles. The van der Waals surface area contributed by atoms with Crippen molar-refractivity contribution in [2.75, 3.05) is 65.7 Å². The van der Waals surface area contributed by atoms with Gasteiger partial charge in [-0.15, -0.1) is 18.3 Å². The number of thioether (sulfide) groups is 1. The van der Waals surface area contributed by atoms with Gasteiger partial charge in [0, 0.05) is 50.6 Å². The Bertz CT molecular complexity index is 911. The molecule has 9 nitrogen and oxygen atoms in total. The van der Waals surface area contributed by atoms with Gasteiger partial charge in [0.1, 0.15) is 12.6 Å². The van der Waals surface area contributed by atoms with Crippen LogP contribution < -0.4 is 0 Å². The molecule has 0 aliphatic carbocycles. The maximum absolute atomic E-state index is 14.4. The maximum Gasteiger partial charge on any atom is 0.311 e. The van der Waals surface area contributed by atoms with Crippen LogP contribution >= 0.6 is 11.8 Å². The minimum Gasteiger partial charge on any atom is -0.461 e. The Balaban J connectivity index is 1.62. The van der Waals surface area contributed by atoms with Crippen LogP contribution in [0.15, 0.2) is 25.3 Å². The van der Waals surface area contributed by atoms with Gasteiger partial charge in [0.15, 0.2) is 0 Å². The fourth-order valence-electron chi connectivity index (χ4n) is 6.81. The van der Waals surface area contributed by atoms with Gasteiger partial charge in [0.05, 0.1) is 29.8 Å². The average Bonchev–Trinajstić information content (AvgIpc) is 3.48. The van der Waals surface area contributed by atoms with Crippen LogP contribution in [0, 0.1) is 11.8 Å². The first-order valence-electron chi connectivity index (χ1n) is 13.9. The van der Waals surface area contributed by atoms with E-state index < -0.39 is 27.4 Å². The van der Waals surface area contributed by atoms with E-state index in [0.717, 1.165) is 32.5 Å². The Kier molecular flexibility index (Phi) is 9.60. The summed E-state index contributed by atoms with van der Waals surface area (Å²) in [5.74, 6) is -1.72. The van der Waals surface area contributed by atoms with Crippen molar-refractivity contribution in [3.63, 3.8) is 0 Å². The van der Waals surface area contributed by atoms with Crippen molar-refractivity contribution < 1.29 is 29.0 Å². The lowest BCUT2D eigenvalue weighted by Gasteiger charge is -2.38. The zero-order valence-electron chi connectivity index (χ0n) is 22.6. The van der Waals surface area contributed by atoms with Gasteiger partial charge in [-0.1, -0.05) is 18.7 Å². The molecule has 4 fully saturated rings. The number of aliphatic hydroxyl groups excluding tert-OH is 1. The van der Waals surface area contributed by atoms with Crippen molar-refractivity contribution in [2.45, 2.75) is 54.6 Å². The summed E-state index contributed by atoms with van der Waals surface area (Å²) in [4.78, 5) is 47.6. The SMILES string of the molecule is C=CCOC(=O)[C@H]1[C@H]2C(=O)N(CCCCCO)C(C(=O)N(CC=C)CCN3CCOCC3)C23CC[C@]1(C)S3. The Hall–Kier alpha value is -1.88. The molecule has 4 rings (SSSR count). The van der Waals surface area contributed by atoms with E-state index in [2.05, 4.69) is 18.1 Å². The van der Waals surface area contributed by atoms with Gasteiger partial charge in [-0.25, -0.2) is 0 Å². The van der Waals surface area contributed by atoms with Gasteiger partial charge < -0.3 is 24.4 Å². The molecule has 2 bridgehead atoms. The van der Waals surface area contributed by atoms with Crippen molar-refractivity contribution in [1.82, 2.24) is 14.7 Å². The van der Waals surface area contributed by atoms with Crippen molar-refractivity contribution in [2.24, 2.45) is 11.8 Å². The van der Waals surface area contributed by atoms with E-state index in [-0.39, 0.29) is 31.0 Å². The summed E-state index contributed by atoms with van der Waals surface area (Å²) in [5.41, 5.74) is 0. The lowest BCUT2D eigenvalue weighted by molar-refractivity contribution is -0.154. The number of carbonyl (C=O) groups excluding carboxylic acids is 3. The summed E-state index contributed by atoms with van der Waals surface area (Å²) in [5, 5.41) is 9.24. The minimum absolute atomic E-state index is 0.0620. The minimum atomic E-state index is -0.657. The predicted molar refractivity (Wildman–Crippen MR) is 147 cm³/mol. The monoisotopic (exact) mass is 549 g/mol. The van der Waals surface area contributed by atoms with Gasteiger partial charge >= 0.3 is 5.97 Å². The third-order valence-corrected chi connectivity index (χ3v) is 10.6. The second-order valence-electron chi connectivity index (χ2n) is 11.0. The van der Waals surface area contributed by atoms with Crippen LogP contribution in [-0.4, -0.2) is 119 Å². The molecule has 0 saturated carbocycles. The molecular weight excluding hydrogens is 506 g/mol. The zero-order chi connectivity index (χ0) is 27.3. The molecule has 5 atom stereocenters. The van der Waals surface area contributed by atoms with E-state index in [4.69, 9.17) is 9.47 Å². The van der Waals surface area contributed by atoms with Gasteiger partial charge in [0.25, 0.3) is 0 Å². The van der Waals surface area contributed by atoms with E-state index in [1.807, 2.05) is 11.8 Å². The van der Waals surface area contributed by atoms with Crippen LogP contribution in [0.2, 0.25) is 0 Å². The van der Waals surface area contributed by atoms with Crippen molar-refractivity contribution in [3.05, 3.63) is 25.3 Å². The molecular formula is C28H43N3O6S. The Morgan fingerprint density at radius 3 is 2.63 bits per heavy atom. The number of aliphatic hydroxyl groups is 1. The summed E-state index contributed by atoms with van der Waals surface area (Å²) in [7, 11) is 0. The quantitative estimate of drug-likeness (QED) is 0.199. The molecule has 4 heterocycles. The number of amides is 2. The standard InChI is InChI=1S/C28H43N3O6S/c1-4-11-30(14-13-29-15-19-36-20-16-29)25(34)23-28-10-9-27(3,38-28)22(26(35)37-18-5-2)21(28)24(33)31(23)12-7-6-8-17-32/h4-5,21-23,32H,1-2,6-20H2,3H3/t21-,22+,23?,27-,28?/m0/s1. The van der Waals surface area contributed by atoms with Crippen LogP contribution in [-0.2, 0) is 23.9 Å². The van der Waals surface area contributed by atoms with Crippen LogP contribution in [0.3, 0.4) is 0 Å². The molecule has 4 aliphatic rings. The van der Waals surface area contributed by atoms with Crippen molar-refractivity contribution >= 4 is 29.5 Å². The van der Waals surface area contributed by atoms with Crippen molar-refractivity contribution in [1.29, 1.82) is 0 Å². The van der Waals surface area contributed by atoms with Gasteiger partial charge in [0.2, 0.25) is 11.8 Å². The number of hydrogen-bond donors (Lipinski definition) is 1. The number of ether oxygens (including phenoxy) is 2. The molecule has 1 N–H and O–H groups in total. The molecule has 0 radical (unpaired) electrons. The highest BCUT2D eigenvalue weighted by Gasteiger charge is 2.77. The summed E-state index contributed by atoms with van der Waals surface area (Å²) in [6.45, 7) is 15.0.